The monoisotopic (exact) mass is 394 g/mol. The Morgan fingerprint density at radius 3 is 2.04 bits per heavy atom. The molecule has 0 radical (unpaired) electrons. The number of benzene rings is 3. The van der Waals surface area contributed by atoms with Crippen molar-refractivity contribution in [2.75, 3.05) is 0 Å². The van der Waals surface area contributed by atoms with Crippen LogP contribution in [-0.2, 0) is 0 Å². The summed E-state index contributed by atoms with van der Waals surface area (Å²) in [5.41, 5.74) is 1.89. The van der Waals surface area contributed by atoms with Crippen LogP contribution in [0.1, 0.15) is 31.8 Å². The number of hydrogen-bond donors (Lipinski definition) is 0. The van der Waals surface area contributed by atoms with Gasteiger partial charge in [-0.3, -0.25) is 9.59 Å². The van der Waals surface area contributed by atoms with E-state index in [1.165, 1.54) is 11.8 Å². The molecule has 4 rings (SSSR count). The van der Waals surface area contributed by atoms with Crippen molar-refractivity contribution < 1.29 is 9.59 Å². The third-order valence-corrected chi connectivity index (χ3v) is 5.68. The smallest absolute Gasteiger partial charge is 0.195 e. The van der Waals surface area contributed by atoms with Gasteiger partial charge >= 0.3 is 0 Å². The molecule has 4 heteroatoms. The Labute approximate surface area is 152 Å². The van der Waals surface area contributed by atoms with Crippen molar-refractivity contribution in [2.45, 2.75) is 9.79 Å². The van der Waals surface area contributed by atoms with E-state index in [0.717, 1.165) is 9.79 Å². The summed E-state index contributed by atoms with van der Waals surface area (Å²) in [7, 11) is 0. The molecule has 2 nitrogen and oxygen atoms in total. The Balaban J connectivity index is 1.89. The summed E-state index contributed by atoms with van der Waals surface area (Å²) in [5, 5.41) is 0. The first-order valence-corrected chi connectivity index (χ1v) is 9.01. The van der Waals surface area contributed by atoms with Gasteiger partial charge in [0.05, 0.1) is 0 Å². The molecule has 0 bridgehead atoms. The van der Waals surface area contributed by atoms with Gasteiger partial charge in [-0.2, -0.15) is 0 Å². The van der Waals surface area contributed by atoms with E-state index >= 15 is 0 Å². The van der Waals surface area contributed by atoms with Crippen molar-refractivity contribution >= 4 is 39.3 Å². The minimum absolute atomic E-state index is 0.0973. The van der Waals surface area contributed by atoms with E-state index in [1.54, 1.807) is 24.3 Å². The highest BCUT2D eigenvalue weighted by atomic mass is 79.9. The summed E-state index contributed by atoms with van der Waals surface area (Å²) in [6, 6.07) is 20.6. The van der Waals surface area contributed by atoms with E-state index < -0.39 is 0 Å². The highest BCUT2D eigenvalue weighted by Crippen LogP contribution is 2.38. The van der Waals surface area contributed by atoms with Crippen LogP contribution >= 0.6 is 27.7 Å². The Morgan fingerprint density at radius 2 is 1.29 bits per heavy atom. The number of halogens is 1. The van der Waals surface area contributed by atoms with Crippen molar-refractivity contribution in [3.05, 3.63) is 93.5 Å². The Kier molecular flexibility index (Phi) is 3.87. The summed E-state index contributed by atoms with van der Waals surface area (Å²) >= 11 is 4.90. The highest BCUT2D eigenvalue weighted by Gasteiger charge is 2.33. The summed E-state index contributed by atoms with van der Waals surface area (Å²) in [5.74, 6) is -0.206. The molecule has 0 fully saturated rings. The van der Waals surface area contributed by atoms with E-state index in [4.69, 9.17) is 0 Å². The van der Waals surface area contributed by atoms with Crippen molar-refractivity contribution in [2.24, 2.45) is 0 Å². The van der Waals surface area contributed by atoms with Crippen LogP contribution in [0.4, 0.5) is 0 Å². The third kappa shape index (κ3) is 2.43. The van der Waals surface area contributed by atoms with E-state index in [2.05, 4.69) is 15.9 Å². The first-order valence-electron chi connectivity index (χ1n) is 7.40. The molecule has 1 aliphatic rings. The average molecular weight is 395 g/mol. The standard InChI is InChI=1S/C20H11BrO2S/c21-15-10-4-8-13-17(15)19(22)14-9-5-11-16(18(14)20(13)23)24-12-6-2-1-3-7-12/h1-11H. The van der Waals surface area contributed by atoms with Crippen LogP contribution in [0.3, 0.4) is 0 Å². The van der Waals surface area contributed by atoms with Crippen molar-refractivity contribution in [3.8, 4) is 0 Å². The maximum atomic E-state index is 13.0. The minimum Gasteiger partial charge on any atom is -0.289 e. The normalized spacial score (nSPS) is 12.7. The van der Waals surface area contributed by atoms with Crippen molar-refractivity contribution in [1.82, 2.24) is 0 Å². The predicted molar refractivity (Wildman–Crippen MR) is 98.0 cm³/mol. The first kappa shape index (κ1) is 15.4. The maximum Gasteiger partial charge on any atom is 0.195 e. The molecule has 0 saturated heterocycles. The van der Waals surface area contributed by atoms with Gasteiger partial charge in [0.1, 0.15) is 0 Å². The largest absolute Gasteiger partial charge is 0.289 e. The second-order valence-electron chi connectivity index (χ2n) is 5.41. The average Bonchev–Trinajstić information content (AvgIpc) is 2.60. The molecule has 0 unspecified atom stereocenters. The van der Waals surface area contributed by atoms with Gasteiger partial charge in [-0.15, -0.1) is 0 Å². The Morgan fingerprint density at radius 1 is 0.667 bits per heavy atom. The molecule has 0 heterocycles. The van der Waals surface area contributed by atoms with Gasteiger partial charge in [0, 0.05) is 36.5 Å². The number of hydrogen-bond acceptors (Lipinski definition) is 3. The van der Waals surface area contributed by atoms with Crippen LogP contribution < -0.4 is 0 Å². The molecule has 3 aromatic rings. The van der Waals surface area contributed by atoms with Crippen molar-refractivity contribution in [1.29, 1.82) is 0 Å². The molecule has 0 aliphatic heterocycles. The number of carbonyl (C=O) groups excluding carboxylic acids is 2. The molecule has 0 N–H and O–H groups in total. The van der Waals surface area contributed by atoms with Gasteiger partial charge in [0.25, 0.3) is 0 Å². The van der Waals surface area contributed by atoms with E-state index in [9.17, 15) is 9.59 Å². The number of carbonyl (C=O) groups is 2. The zero-order chi connectivity index (χ0) is 16.7. The lowest BCUT2D eigenvalue weighted by molar-refractivity contribution is 0.0976. The van der Waals surface area contributed by atoms with Gasteiger partial charge < -0.3 is 0 Å². The third-order valence-electron chi connectivity index (χ3n) is 3.95. The SMILES string of the molecule is O=C1c2cccc(Sc3ccccc3)c2C(=O)c2cccc(Br)c21. The lowest BCUT2D eigenvalue weighted by Gasteiger charge is -2.20. The fourth-order valence-electron chi connectivity index (χ4n) is 2.87. The highest BCUT2D eigenvalue weighted by molar-refractivity contribution is 9.10. The molecule has 0 saturated carbocycles. The summed E-state index contributed by atoms with van der Waals surface area (Å²) in [6.45, 7) is 0. The van der Waals surface area contributed by atoms with E-state index in [0.29, 0.717) is 26.7 Å². The Bertz CT molecular complexity index is 980. The fraction of sp³-hybridized carbons (Fsp3) is 0. The molecule has 24 heavy (non-hydrogen) atoms. The summed E-state index contributed by atoms with van der Waals surface area (Å²) in [6.07, 6.45) is 0. The van der Waals surface area contributed by atoms with Crippen LogP contribution in [0, 0.1) is 0 Å². The summed E-state index contributed by atoms with van der Waals surface area (Å²) < 4.78 is 0.658. The molecule has 3 aromatic carbocycles. The molecular weight excluding hydrogens is 384 g/mol. The summed E-state index contributed by atoms with van der Waals surface area (Å²) in [4.78, 5) is 27.8. The van der Waals surface area contributed by atoms with Gasteiger partial charge in [-0.05, 0) is 24.3 Å². The lowest BCUT2D eigenvalue weighted by Crippen LogP contribution is -2.22. The van der Waals surface area contributed by atoms with Crippen LogP contribution in [0.25, 0.3) is 0 Å². The van der Waals surface area contributed by atoms with Crippen LogP contribution in [0.5, 0.6) is 0 Å². The molecule has 0 amide bonds. The van der Waals surface area contributed by atoms with Crippen LogP contribution in [0.2, 0.25) is 0 Å². The maximum absolute atomic E-state index is 13.0. The molecule has 0 spiro atoms. The zero-order valence-corrected chi connectivity index (χ0v) is 14.9. The lowest BCUT2D eigenvalue weighted by atomic mass is 9.84. The molecule has 0 aromatic heterocycles. The topological polar surface area (TPSA) is 34.1 Å². The van der Waals surface area contributed by atoms with Gasteiger partial charge in [0.15, 0.2) is 11.6 Å². The quantitative estimate of drug-likeness (QED) is 0.457. The number of fused-ring (bicyclic) bond motifs is 2. The fourth-order valence-corrected chi connectivity index (χ4v) is 4.41. The minimum atomic E-state index is -0.109. The van der Waals surface area contributed by atoms with Crippen LogP contribution in [0.15, 0.2) is 81.0 Å². The van der Waals surface area contributed by atoms with Crippen LogP contribution in [-0.4, -0.2) is 11.6 Å². The van der Waals surface area contributed by atoms with Gasteiger partial charge in [-0.25, -0.2) is 0 Å². The van der Waals surface area contributed by atoms with Gasteiger partial charge in [-0.1, -0.05) is 70.2 Å². The Hall–Kier alpha value is -2.17. The second kappa shape index (κ2) is 6.04. The van der Waals surface area contributed by atoms with E-state index in [-0.39, 0.29) is 11.6 Å². The van der Waals surface area contributed by atoms with Crippen molar-refractivity contribution in [3.63, 3.8) is 0 Å². The molecular formula is C20H11BrO2S. The number of rotatable bonds is 2. The molecule has 116 valence electrons. The van der Waals surface area contributed by atoms with E-state index in [1.807, 2.05) is 42.5 Å². The zero-order valence-electron chi connectivity index (χ0n) is 12.5. The second-order valence-corrected chi connectivity index (χ2v) is 7.38. The van der Waals surface area contributed by atoms with Gasteiger partial charge in [0.2, 0.25) is 0 Å². The number of ketones is 2. The predicted octanol–water partition coefficient (Wildman–Crippen LogP) is 5.38. The molecule has 1 aliphatic carbocycles. The first-order chi connectivity index (χ1) is 11.7. The molecule has 0 atom stereocenters.